The summed E-state index contributed by atoms with van der Waals surface area (Å²) in [5.74, 6) is 0.460. The third kappa shape index (κ3) is 6.00. The zero-order chi connectivity index (χ0) is 20.0. The fourth-order valence-corrected chi connectivity index (χ4v) is 2.59. The second-order valence-electron chi connectivity index (χ2n) is 6.84. The lowest BCUT2D eigenvalue weighted by Crippen LogP contribution is -2.27. The van der Waals surface area contributed by atoms with E-state index >= 15 is 0 Å². The van der Waals surface area contributed by atoms with E-state index < -0.39 is 0 Å². The Bertz CT molecular complexity index is 834. The molecule has 144 valence electrons. The van der Waals surface area contributed by atoms with Crippen molar-refractivity contribution in [2.75, 3.05) is 18.5 Å². The first kappa shape index (κ1) is 20.8. The molecule has 0 aliphatic carbocycles. The van der Waals surface area contributed by atoms with E-state index in [1.165, 1.54) is 0 Å². The van der Waals surface area contributed by atoms with Gasteiger partial charge in [0.1, 0.15) is 5.75 Å². The summed E-state index contributed by atoms with van der Waals surface area (Å²) < 4.78 is 5.57. The third-order valence-electron chi connectivity index (χ3n) is 3.97. The number of amides is 2. The third-order valence-corrected chi connectivity index (χ3v) is 4.55. The fourth-order valence-electron chi connectivity index (χ4n) is 2.44. The first-order valence-corrected chi connectivity index (χ1v) is 9.22. The van der Waals surface area contributed by atoms with Crippen molar-refractivity contribution in [1.29, 1.82) is 0 Å². The van der Waals surface area contributed by atoms with Crippen molar-refractivity contribution in [2.24, 2.45) is 5.92 Å². The second kappa shape index (κ2) is 9.42. The minimum Gasteiger partial charge on any atom is -0.483 e. The van der Waals surface area contributed by atoms with Crippen LogP contribution in [0.3, 0.4) is 0 Å². The summed E-state index contributed by atoms with van der Waals surface area (Å²) >= 11 is 6.20. The van der Waals surface area contributed by atoms with Gasteiger partial charge in [-0.05, 0) is 49.6 Å². The Morgan fingerprint density at radius 2 is 1.89 bits per heavy atom. The van der Waals surface area contributed by atoms with E-state index in [0.717, 1.165) is 11.1 Å². The van der Waals surface area contributed by atoms with E-state index in [-0.39, 0.29) is 18.4 Å². The van der Waals surface area contributed by atoms with Crippen molar-refractivity contribution in [1.82, 2.24) is 5.32 Å². The van der Waals surface area contributed by atoms with Gasteiger partial charge in [-0.1, -0.05) is 37.6 Å². The van der Waals surface area contributed by atoms with Crippen molar-refractivity contribution in [3.63, 3.8) is 0 Å². The molecule has 2 N–H and O–H groups in total. The van der Waals surface area contributed by atoms with Crippen LogP contribution in [-0.2, 0) is 4.79 Å². The molecule has 2 amide bonds. The van der Waals surface area contributed by atoms with Crippen LogP contribution >= 0.6 is 11.6 Å². The predicted molar refractivity (Wildman–Crippen MR) is 109 cm³/mol. The normalized spacial score (nSPS) is 10.6. The van der Waals surface area contributed by atoms with Crippen molar-refractivity contribution >= 4 is 29.1 Å². The van der Waals surface area contributed by atoms with Gasteiger partial charge in [-0.3, -0.25) is 9.59 Å². The molecule has 0 aromatic heterocycles. The summed E-state index contributed by atoms with van der Waals surface area (Å²) in [5.41, 5.74) is 2.79. The average molecular weight is 389 g/mol. The fraction of sp³-hybridized carbons (Fsp3) is 0.333. The predicted octanol–water partition coefficient (Wildman–Crippen LogP) is 4.36. The monoisotopic (exact) mass is 388 g/mol. The highest BCUT2D eigenvalue weighted by atomic mass is 35.5. The minimum absolute atomic E-state index is 0.149. The van der Waals surface area contributed by atoms with Gasteiger partial charge in [-0.25, -0.2) is 0 Å². The van der Waals surface area contributed by atoms with Crippen molar-refractivity contribution in [2.45, 2.75) is 27.7 Å². The van der Waals surface area contributed by atoms with E-state index in [2.05, 4.69) is 10.6 Å². The van der Waals surface area contributed by atoms with Crippen molar-refractivity contribution in [3.05, 3.63) is 58.1 Å². The summed E-state index contributed by atoms with van der Waals surface area (Å²) in [5, 5.41) is 6.23. The Morgan fingerprint density at radius 3 is 2.59 bits per heavy atom. The highest BCUT2D eigenvalue weighted by Gasteiger charge is 2.11. The first-order valence-electron chi connectivity index (χ1n) is 8.84. The lowest BCUT2D eigenvalue weighted by atomic mass is 10.1. The van der Waals surface area contributed by atoms with Crippen LogP contribution in [0.15, 0.2) is 36.4 Å². The molecule has 0 aliphatic rings. The molecule has 0 aliphatic heterocycles. The number of carbonyl (C=O) groups excluding carboxylic acids is 2. The Balaban J connectivity index is 1.95. The molecule has 0 saturated carbocycles. The number of halogens is 1. The zero-order valence-corrected chi connectivity index (χ0v) is 16.8. The lowest BCUT2D eigenvalue weighted by Gasteiger charge is -2.12. The van der Waals surface area contributed by atoms with E-state index in [9.17, 15) is 9.59 Å². The molecule has 0 spiro atoms. The molecule has 0 bridgehead atoms. The first-order chi connectivity index (χ1) is 12.8. The maximum Gasteiger partial charge on any atom is 0.262 e. The van der Waals surface area contributed by atoms with E-state index in [1.807, 2.05) is 33.8 Å². The SMILES string of the molecule is Cc1ccc(OCC(=O)Nc2cccc(C(=O)NCC(C)C)c2)c(C)c1Cl. The maximum absolute atomic E-state index is 12.2. The summed E-state index contributed by atoms with van der Waals surface area (Å²) in [6.07, 6.45) is 0. The lowest BCUT2D eigenvalue weighted by molar-refractivity contribution is -0.118. The molecule has 0 heterocycles. The van der Waals surface area contributed by atoms with Crippen LogP contribution in [-0.4, -0.2) is 25.0 Å². The van der Waals surface area contributed by atoms with Gasteiger partial charge in [0.25, 0.3) is 11.8 Å². The number of aryl methyl sites for hydroxylation is 1. The number of carbonyl (C=O) groups is 2. The molecular formula is C21H25ClN2O3. The number of hydrogen-bond acceptors (Lipinski definition) is 3. The summed E-state index contributed by atoms with van der Waals surface area (Å²) in [6, 6.07) is 10.4. The Labute approximate surface area is 165 Å². The molecule has 2 rings (SSSR count). The topological polar surface area (TPSA) is 67.4 Å². The Morgan fingerprint density at radius 1 is 1.15 bits per heavy atom. The van der Waals surface area contributed by atoms with E-state index in [1.54, 1.807) is 30.3 Å². The van der Waals surface area contributed by atoms with Crippen LogP contribution in [0.1, 0.15) is 35.3 Å². The van der Waals surface area contributed by atoms with E-state index in [4.69, 9.17) is 16.3 Å². The number of rotatable bonds is 7. The van der Waals surface area contributed by atoms with Crippen LogP contribution in [0.5, 0.6) is 5.75 Å². The standard InChI is InChI=1S/C21H25ClN2O3/c1-13(2)11-23-21(26)16-6-5-7-17(10-16)24-19(25)12-27-18-9-8-14(3)20(22)15(18)4/h5-10,13H,11-12H2,1-4H3,(H,23,26)(H,24,25). The molecule has 0 radical (unpaired) electrons. The molecule has 6 heteroatoms. The number of hydrogen-bond donors (Lipinski definition) is 2. The van der Waals surface area contributed by atoms with Crippen molar-refractivity contribution < 1.29 is 14.3 Å². The minimum atomic E-state index is -0.314. The Hall–Kier alpha value is -2.53. The largest absolute Gasteiger partial charge is 0.483 e. The smallest absolute Gasteiger partial charge is 0.262 e. The molecule has 2 aromatic carbocycles. The van der Waals surface area contributed by atoms with Crippen LogP contribution in [0, 0.1) is 19.8 Å². The van der Waals surface area contributed by atoms with Crippen LogP contribution in [0.2, 0.25) is 5.02 Å². The molecule has 5 nitrogen and oxygen atoms in total. The number of anilines is 1. The molecule has 27 heavy (non-hydrogen) atoms. The van der Waals surface area contributed by atoms with Crippen molar-refractivity contribution in [3.8, 4) is 5.75 Å². The Kier molecular flexibility index (Phi) is 7.25. The molecule has 2 aromatic rings. The molecule has 0 fully saturated rings. The molecule has 0 unspecified atom stereocenters. The maximum atomic E-state index is 12.2. The van der Waals surface area contributed by atoms with Gasteiger partial charge in [0.15, 0.2) is 6.61 Å². The summed E-state index contributed by atoms with van der Waals surface area (Å²) in [7, 11) is 0. The average Bonchev–Trinajstić information content (AvgIpc) is 2.63. The van der Waals surface area contributed by atoms with Gasteiger partial charge in [0.2, 0.25) is 0 Å². The van der Waals surface area contributed by atoms with E-state index in [0.29, 0.717) is 34.5 Å². The van der Waals surface area contributed by atoms with Gasteiger partial charge < -0.3 is 15.4 Å². The summed E-state index contributed by atoms with van der Waals surface area (Å²) in [6.45, 7) is 8.27. The zero-order valence-electron chi connectivity index (χ0n) is 16.1. The van der Waals surface area contributed by atoms with Gasteiger partial charge in [-0.2, -0.15) is 0 Å². The quantitative estimate of drug-likeness (QED) is 0.740. The van der Waals surface area contributed by atoms with Crippen LogP contribution in [0.25, 0.3) is 0 Å². The second-order valence-corrected chi connectivity index (χ2v) is 7.22. The summed E-state index contributed by atoms with van der Waals surface area (Å²) in [4.78, 5) is 24.3. The van der Waals surface area contributed by atoms with Gasteiger partial charge in [0.05, 0.1) is 5.02 Å². The number of ether oxygens (including phenoxy) is 1. The highest BCUT2D eigenvalue weighted by Crippen LogP contribution is 2.28. The van der Waals surface area contributed by atoms with Gasteiger partial charge in [-0.15, -0.1) is 0 Å². The van der Waals surface area contributed by atoms with Crippen LogP contribution < -0.4 is 15.4 Å². The number of nitrogens with one attached hydrogen (secondary N) is 2. The van der Waals surface area contributed by atoms with Crippen LogP contribution in [0.4, 0.5) is 5.69 Å². The molecule has 0 saturated heterocycles. The highest BCUT2D eigenvalue weighted by molar-refractivity contribution is 6.32. The molecular weight excluding hydrogens is 364 g/mol. The molecule has 0 atom stereocenters. The number of benzene rings is 2. The van der Waals surface area contributed by atoms with Gasteiger partial charge >= 0.3 is 0 Å². The van der Waals surface area contributed by atoms with Gasteiger partial charge in [0, 0.05) is 23.4 Å².